The quantitative estimate of drug-likeness (QED) is 0.883. The summed E-state index contributed by atoms with van der Waals surface area (Å²) in [4.78, 5) is 14.8. The molecule has 0 radical (unpaired) electrons. The fourth-order valence-corrected chi connectivity index (χ4v) is 3.05. The van der Waals surface area contributed by atoms with Crippen molar-refractivity contribution in [1.29, 1.82) is 0 Å². The third-order valence-electron chi connectivity index (χ3n) is 4.62. The average molecular weight is 338 g/mol. The van der Waals surface area contributed by atoms with Gasteiger partial charge in [0, 0.05) is 24.5 Å². The van der Waals surface area contributed by atoms with Crippen molar-refractivity contribution in [3.8, 4) is 5.75 Å². The molecule has 1 saturated heterocycles. The van der Waals surface area contributed by atoms with Crippen LogP contribution in [0.4, 0.5) is 11.4 Å². The van der Waals surface area contributed by atoms with Crippen molar-refractivity contribution < 1.29 is 9.53 Å². The number of hydrogen-bond acceptors (Lipinski definition) is 3. The SMILES string of the molecule is Cc1ccc(C)c(O[C@H](C)C(=O)Nc2ccc(N3CCCC3)cc2)c1. The van der Waals surface area contributed by atoms with Crippen LogP contribution in [0.15, 0.2) is 42.5 Å². The Kier molecular flexibility index (Phi) is 5.27. The molecule has 1 fully saturated rings. The molecule has 0 unspecified atom stereocenters. The van der Waals surface area contributed by atoms with Crippen LogP contribution in [0.3, 0.4) is 0 Å². The lowest BCUT2D eigenvalue weighted by Gasteiger charge is -2.19. The molecule has 0 saturated carbocycles. The highest BCUT2D eigenvalue weighted by molar-refractivity contribution is 5.94. The maximum Gasteiger partial charge on any atom is 0.265 e. The summed E-state index contributed by atoms with van der Waals surface area (Å²) in [7, 11) is 0. The van der Waals surface area contributed by atoms with E-state index in [1.807, 2.05) is 44.2 Å². The van der Waals surface area contributed by atoms with Gasteiger partial charge in [-0.05, 0) is 75.1 Å². The first-order chi connectivity index (χ1) is 12.0. The van der Waals surface area contributed by atoms with Gasteiger partial charge in [-0.3, -0.25) is 4.79 Å². The van der Waals surface area contributed by atoms with Crippen LogP contribution in [-0.4, -0.2) is 25.1 Å². The van der Waals surface area contributed by atoms with Gasteiger partial charge in [0.05, 0.1) is 0 Å². The van der Waals surface area contributed by atoms with E-state index in [1.165, 1.54) is 18.5 Å². The van der Waals surface area contributed by atoms with Gasteiger partial charge >= 0.3 is 0 Å². The molecule has 2 aromatic rings. The van der Waals surface area contributed by atoms with E-state index in [0.29, 0.717) is 0 Å². The molecule has 1 amide bonds. The number of anilines is 2. The van der Waals surface area contributed by atoms with Gasteiger partial charge in [0.25, 0.3) is 5.91 Å². The van der Waals surface area contributed by atoms with E-state index in [4.69, 9.17) is 4.74 Å². The Labute approximate surface area is 149 Å². The van der Waals surface area contributed by atoms with E-state index >= 15 is 0 Å². The molecule has 1 heterocycles. The summed E-state index contributed by atoms with van der Waals surface area (Å²) >= 11 is 0. The first-order valence-electron chi connectivity index (χ1n) is 8.93. The van der Waals surface area contributed by atoms with Gasteiger partial charge in [-0.2, -0.15) is 0 Å². The van der Waals surface area contributed by atoms with E-state index in [1.54, 1.807) is 6.92 Å². The number of hydrogen-bond donors (Lipinski definition) is 1. The Morgan fingerprint density at radius 1 is 1.08 bits per heavy atom. The zero-order valence-electron chi connectivity index (χ0n) is 15.2. The second-order valence-corrected chi connectivity index (χ2v) is 6.76. The van der Waals surface area contributed by atoms with Crippen LogP contribution in [0.25, 0.3) is 0 Å². The van der Waals surface area contributed by atoms with E-state index in [2.05, 4.69) is 22.3 Å². The Morgan fingerprint density at radius 3 is 2.44 bits per heavy atom. The monoisotopic (exact) mass is 338 g/mol. The molecular formula is C21H26N2O2. The average Bonchev–Trinajstić information content (AvgIpc) is 3.13. The first-order valence-corrected chi connectivity index (χ1v) is 8.93. The van der Waals surface area contributed by atoms with Gasteiger partial charge in [-0.15, -0.1) is 0 Å². The van der Waals surface area contributed by atoms with Gasteiger partial charge in [-0.1, -0.05) is 12.1 Å². The van der Waals surface area contributed by atoms with Crippen LogP contribution in [0, 0.1) is 13.8 Å². The molecule has 1 atom stereocenters. The lowest BCUT2D eigenvalue weighted by atomic mass is 10.1. The van der Waals surface area contributed by atoms with Crippen molar-refractivity contribution in [2.24, 2.45) is 0 Å². The van der Waals surface area contributed by atoms with Crippen molar-refractivity contribution >= 4 is 17.3 Å². The van der Waals surface area contributed by atoms with Crippen LogP contribution in [-0.2, 0) is 4.79 Å². The predicted octanol–water partition coefficient (Wildman–Crippen LogP) is 4.31. The van der Waals surface area contributed by atoms with Gasteiger partial charge < -0.3 is 15.0 Å². The van der Waals surface area contributed by atoms with Gasteiger partial charge in [0.1, 0.15) is 5.75 Å². The molecule has 1 N–H and O–H groups in total. The number of amides is 1. The molecule has 25 heavy (non-hydrogen) atoms. The lowest BCUT2D eigenvalue weighted by Crippen LogP contribution is -2.30. The molecule has 0 aliphatic carbocycles. The van der Waals surface area contributed by atoms with Gasteiger partial charge in [0.15, 0.2) is 6.10 Å². The minimum Gasteiger partial charge on any atom is -0.481 e. The number of nitrogens with one attached hydrogen (secondary N) is 1. The Balaban J connectivity index is 1.60. The fraction of sp³-hybridized carbons (Fsp3) is 0.381. The second-order valence-electron chi connectivity index (χ2n) is 6.76. The number of ether oxygens (including phenoxy) is 1. The summed E-state index contributed by atoms with van der Waals surface area (Å²) in [5.74, 6) is 0.613. The van der Waals surface area contributed by atoms with E-state index in [0.717, 1.165) is 35.7 Å². The van der Waals surface area contributed by atoms with Crippen LogP contribution >= 0.6 is 0 Å². The molecular weight excluding hydrogens is 312 g/mol. The molecule has 2 aromatic carbocycles. The van der Waals surface area contributed by atoms with Crippen LogP contribution < -0.4 is 15.0 Å². The van der Waals surface area contributed by atoms with Gasteiger partial charge in [0.2, 0.25) is 0 Å². The molecule has 1 aliphatic rings. The molecule has 3 rings (SSSR count). The highest BCUT2D eigenvalue weighted by atomic mass is 16.5. The predicted molar refractivity (Wildman–Crippen MR) is 103 cm³/mol. The van der Waals surface area contributed by atoms with Crippen LogP contribution in [0.2, 0.25) is 0 Å². The normalized spacial score (nSPS) is 15.1. The minimum absolute atomic E-state index is 0.144. The molecule has 4 heteroatoms. The van der Waals surface area contributed by atoms with Crippen LogP contribution in [0.5, 0.6) is 5.75 Å². The Bertz CT molecular complexity index is 734. The maximum atomic E-state index is 12.4. The van der Waals surface area contributed by atoms with Crippen molar-refractivity contribution in [3.05, 3.63) is 53.6 Å². The number of carbonyl (C=O) groups is 1. The van der Waals surface area contributed by atoms with E-state index < -0.39 is 6.10 Å². The molecule has 0 spiro atoms. The topological polar surface area (TPSA) is 41.6 Å². The van der Waals surface area contributed by atoms with E-state index in [9.17, 15) is 4.79 Å². The second kappa shape index (κ2) is 7.60. The van der Waals surface area contributed by atoms with Crippen molar-refractivity contribution in [3.63, 3.8) is 0 Å². The molecule has 132 valence electrons. The summed E-state index contributed by atoms with van der Waals surface area (Å²) in [5, 5.41) is 2.93. The van der Waals surface area contributed by atoms with E-state index in [-0.39, 0.29) is 5.91 Å². The molecule has 1 aliphatic heterocycles. The molecule has 0 bridgehead atoms. The Morgan fingerprint density at radius 2 is 1.76 bits per heavy atom. The summed E-state index contributed by atoms with van der Waals surface area (Å²) in [6.07, 6.45) is 1.95. The summed E-state index contributed by atoms with van der Waals surface area (Å²) in [6.45, 7) is 8.00. The zero-order valence-corrected chi connectivity index (χ0v) is 15.2. The van der Waals surface area contributed by atoms with Crippen LogP contribution in [0.1, 0.15) is 30.9 Å². The minimum atomic E-state index is -0.557. The smallest absolute Gasteiger partial charge is 0.265 e. The van der Waals surface area contributed by atoms with Gasteiger partial charge in [-0.25, -0.2) is 0 Å². The number of aryl methyl sites for hydroxylation is 2. The maximum absolute atomic E-state index is 12.4. The summed E-state index contributed by atoms with van der Waals surface area (Å²) < 4.78 is 5.84. The van der Waals surface area contributed by atoms with Crippen molar-refractivity contribution in [1.82, 2.24) is 0 Å². The number of nitrogens with zero attached hydrogens (tertiary/aromatic N) is 1. The largest absolute Gasteiger partial charge is 0.481 e. The zero-order chi connectivity index (χ0) is 17.8. The highest BCUT2D eigenvalue weighted by Crippen LogP contribution is 2.23. The standard InChI is InChI=1S/C21H26N2O2/c1-15-6-7-16(2)20(14-15)25-17(3)21(24)22-18-8-10-19(11-9-18)23-12-4-5-13-23/h6-11,14,17H,4-5,12-13H2,1-3H3,(H,22,24)/t17-/m1/s1. The molecule has 0 aromatic heterocycles. The number of rotatable bonds is 5. The van der Waals surface area contributed by atoms with Crippen molar-refractivity contribution in [2.45, 2.75) is 39.7 Å². The third-order valence-corrected chi connectivity index (χ3v) is 4.62. The van der Waals surface area contributed by atoms with Crippen molar-refractivity contribution in [2.75, 3.05) is 23.3 Å². The number of carbonyl (C=O) groups excluding carboxylic acids is 1. The first kappa shape index (κ1) is 17.3. The molecule has 4 nitrogen and oxygen atoms in total. The summed E-state index contributed by atoms with van der Waals surface area (Å²) in [5.41, 5.74) is 4.16. The number of benzene rings is 2. The lowest BCUT2D eigenvalue weighted by molar-refractivity contribution is -0.122. The Hall–Kier alpha value is -2.49. The summed E-state index contributed by atoms with van der Waals surface area (Å²) in [6, 6.07) is 14.0. The third kappa shape index (κ3) is 4.32. The highest BCUT2D eigenvalue weighted by Gasteiger charge is 2.17. The fourth-order valence-electron chi connectivity index (χ4n) is 3.05.